The topological polar surface area (TPSA) is 51.2 Å². The first kappa shape index (κ1) is 13.4. The van der Waals surface area contributed by atoms with Gasteiger partial charge in [0.05, 0.1) is 5.69 Å². The van der Waals surface area contributed by atoms with Crippen LogP contribution in [0.4, 0.5) is 5.69 Å². The van der Waals surface area contributed by atoms with Gasteiger partial charge in [-0.2, -0.15) is 0 Å². The highest BCUT2D eigenvalue weighted by molar-refractivity contribution is 6.32. The molecule has 0 aliphatic heterocycles. The number of ether oxygens (including phenoxy) is 1. The average Bonchev–Trinajstić information content (AvgIpc) is 2.41. The predicted molar refractivity (Wildman–Crippen MR) is 74.6 cm³/mol. The SMILES string of the molecule is Cc1ccc(OCC(=O)Nc2cccnc2Cl)cc1. The van der Waals surface area contributed by atoms with Crippen LogP contribution >= 0.6 is 11.6 Å². The van der Waals surface area contributed by atoms with Crippen LogP contribution in [0.5, 0.6) is 5.75 Å². The summed E-state index contributed by atoms with van der Waals surface area (Å²) in [5, 5.41) is 2.89. The zero-order valence-electron chi connectivity index (χ0n) is 10.4. The summed E-state index contributed by atoms with van der Waals surface area (Å²) in [7, 11) is 0. The molecule has 0 aliphatic carbocycles. The molecule has 0 fully saturated rings. The van der Waals surface area contributed by atoms with Crippen molar-refractivity contribution in [3.05, 3.63) is 53.3 Å². The maximum atomic E-state index is 11.7. The van der Waals surface area contributed by atoms with Crippen molar-refractivity contribution < 1.29 is 9.53 Å². The van der Waals surface area contributed by atoms with Gasteiger partial charge in [-0.1, -0.05) is 29.3 Å². The number of benzene rings is 1. The Bertz CT molecular complexity index is 570. The van der Waals surface area contributed by atoms with Crippen molar-refractivity contribution >= 4 is 23.2 Å². The maximum absolute atomic E-state index is 11.7. The molecule has 4 nitrogen and oxygen atoms in total. The molecule has 1 aromatic heterocycles. The van der Waals surface area contributed by atoms with Crippen LogP contribution in [0.1, 0.15) is 5.56 Å². The molecule has 19 heavy (non-hydrogen) atoms. The van der Waals surface area contributed by atoms with Gasteiger partial charge in [-0.3, -0.25) is 4.79 Å². The molecule has 0 bridgehead atoms. The van der Waals surface area contributed by atoms with Crippen LogP contribution in [0.15, 0.2) is 42.6 Å². The maximum Gasteiger partial charge on any atom is 0.262 e. The molecule has 0 radical (unpaired) electrons. The van der Waals surface area contributed by atoms with Gasteiger partial charge in [0.2, 0.25) is 0 Å². The first-order valence-electron chi connectivity index (χ1n) is 5.75. The van der Waals surface area contributed by atoms with E-state index in [-0.39, 0.29) is 17.7 Å². The van der Waals surface area contributed by atoms with E-state index in [1.54, 1.807) is 18.3 Å². The van der Waals surface area contributed by atoms with Crippen LogP contribution < -0.4 is 10.1 Å². The number of nitrogens with one attached hydrogen (secondary N) is 1. The molecule has 0 aliphatic rings. The Labute approximate surface area is 116 Å². The number of aromatic nitrogens is 1. The second kappa shape index (κ2) is 6.20. The van der Waals surface area contributed by atoms with E-state index in [1.165, 1.54) is 0 Å². The van der Waals surface area contributed by atoms with Gasteiger partial charge in [0, 0.05) is 6.20 Å². The lowest BCUT2D eigenvalue weighted by molar-refractivity contribution is -0.118. The monoisotopic (exact) mass is 276 g/mol. The minimum atomic E-state index is -0.282. The predicted octanol–water partition coefficient (Wildman–Crippen LogP) is 3.06. The molecule has 5 heteroatoms. The molecular weight excluding hydrogens is 264 g/mol. The van der Waals surface area contributed by atoms with E-state index in [1.807, 2.05) is 31.2 Å². The molecule has 2 aromatic rings. The van der Waals surface area contributed by atoms with Crippen LogP contribution in [-0.4, -0.2) is 17.5 Å². The summed E-state index contributed by atoms with van der Waals surface area (Å²) in [6.45, 7) is 1.91. The Balaban J connectivity index is 1.88. The van der Waals surface area contributed by atoms with Crippen molar-refractivity contribution in [2.75, 3.05) is 11.9 Å². The van der Waals surface area contributed by atoms with Crippen molar-refractivity contribution in [3.63, 3.8) is 0 Å². The minimum absolute atomic E-state index is 0.0751. The molecule has 1 N–H and O–H groups in total. The van der Waals surface area contributed by atoms with E-state index < -0.39 is 0 Å². The zero-order valence-corrected chi connectivity index (χ0v) is 11.1. The fourth-order valence-corrected chi connectivity index (χ4v) is 1.62. The molecule has 0 atom stereocenters. The summed E-state index contributed by atoms with van der Waals surface area (Å²) in [4.78, 5) is 15.6. The van der Waals surface area contributed by atoms with Crippen molar-refractivity contribution in [3.8, 4) is 5.75 Å². The standard InChI is InChI=1S/C14H13ClN2O2/c1-10-4-6-11(7-5-10)19-9-13(18)17-12-3-2-8-16-14(12)15/h2-8H,9H2,1H3,(H,17,18). The normalized spacial score (nSPS) is 10.0. The molecule has 1 amide bonds. The zero-order chi connectivity index (χ0) is 13.7. The number of nitrogens with zero attached hydrogens (tertiary/aromatic N) is 1. The van der Waals surface area contributed by atoms with Gasteiger partial charge in [0.25, 0.3) is 5.91 Å². The lowest BCUT2D eigenvalue weighted by Gasteiger charge is -2.08. The molecule has 0 saturated heterocycles. The third kappa shape index (κ3) is 3.96. The van der Waals surface area contributed by atoms with Crippen LogP contribution in [0, 0.1) is 6.92 Å². The highest BCUT2D eigenvalue weighted by atomic mass is 35.5. The Morgan fingerprint density at radius 1 is 1.32 bits per heavy atom. The number of carbonyl (C=O) groups is 1. The Morgan fingerprint density at radius 3 is 2.74 bits per heavy atom. The fraction of sp³-hybridized carbons (Fsp3) is 0.143. The number of anilines is 1. The molecule has 98 valence electrons. The summed E-state index contributed by atoms with van der Waals surface area (Å²) in [5.41, 5.74) is 1.61. The van der Waals surface area contributed by atoms with Crippen molar-refractivity contribution in [2.45, 2.75) is 6.92 Å². The van der Waals surface area contributed by atoms with E-state index in [0.29, 0.717) is 11.4 Å². The summed E-state index contributed by atoms with van der Waals surface area (Å²) in [6.07, 6.45) is 1.56. The largest absolute Gasteiger partial charge is 0.484 e. The molecule has 0 unspecified atom stereocenters. The van der Waals surface area contributed by atoms with Crippen LogP contribution in [0.3, 0.4) is 0 Å². The van der Waals surface area contributed by atoms with Gasteiger partial charge in [-0.15, -0.1) is 0 Å². The van der Waals surface area contributed by atoms with E-state index in [4.69, 9.17) is 16.3 Å². The molecule has 1 aromatic carbocycles. The average molecular weight is 277 g/mol. The molecule has 2 rings (SSSR count). The van der Waals surface area contributed by atoms with Crippen LogP contribution in [0.25, 0.3) is 0 Å². The number of halogens is 1. The summed E-state index contributed by atoms with van der Waals surface area (Å²) >= 11 is 5.84. The quantitative estimate of drug-likeness (QED) is 0.873. The van der Waals surface area contributed by atoms with Gasteiger partial charge >= 0.3 is 0 Å². The van der Waals surface area contributed by atoms with E-state index in [9.17, 15) is 4.79 Å². The van der Waals surface area contributed by atoms with E-state index >= 15 is 0 Å². The molecule has 0 saturated carbocycles. The summed E-state index contributed by atoms with van der Waals surface area (Å²) in [6, 6.07) is 10.9. The number of rotatable bonds is 4. The third-order valence-electron chi connectivity index (χ3n) is 2.42. The van der Waals surface area contributed by atoms with Crippen molar-refractivity contribution in [2.24, 2.45) is 0 Å². The van der Waals surface area contributed by atoms with Gasteiger partial charge in [-0.25, -0.2) is 4.98 Å². The lowest BCUT2D eigenvalue weighted by Crippen LogP contribution is -2.20. The van der Waals surface area contributed by atoms with Crippen molar-refractivity contribution in [1.29, 1.82) is 0 Å². The summed E-state index contributed by atoms with van der Waals surface area (Å²) < 4.78 is 5.36. The van der Waals surface area contributed by atoms with Crippen LogP contribution in [0.2, 0.25) is 5.15 Å². The Hall–Kier alpha value is -2.07. The van der Waals surface area contributed by atoms with Crippen molar-refractivity contribution in [1.82, 2.24) is 4.98 Å². The minimum Gasteiger partial charge on any atom is -0.484 e. The highest BCUT2D eigenvalue weighted by Gasteiger charge is 2.06. The van der Waals surface area contributed by atoms with Gasteiger partial charge < -0.3 is 10.1 Å². The van der Waals surface area contributed by atoms with Gasteiger partial charge in [-0.05, 0) is 31.2 Å². The Kier molecular flexibility index (Phi) is 4.36. The van der Waals surface area contributed by atoms with Gasteiger partial charge in [0.15, 0.2) is 11.8 Å². The van der Waals surface area contributed by atoms with E-state index in [2.05, 4.69) is 10.3 Å². The molecular formula is C14H13ClN2O2. The number of pyridine rings is 1. The van der Waals surface area contributed by atoms with Crippen LogP contribution in [-0.2, 0) is 4.79 Å². The van der Waals surface area contributed by atoms with E-state index in [0.717, 1.165) is 5.56 Å². The molecule has 0 spiro atoms. The third-order valence-corrected chi connectivity index (χ3v) is 2.73. The second-order valence-electron chi connectivity index (χ2n) is 3.99. The highest BCUT2D eigenvalue weighted by Crippen LogP contribution is 2.17. The smallest absolute Gasteiger partial charge is 0.262 e. The number of amides is 1. The number of carbonyl (C=O) groups excluding carboxylic acids is 1. The Morgan fingerprint density at radius 2 is 2.05 bits per heavy atom. The fourth-order valence-electron chi connectivity index (χ4n) is 1.45. The van der Waals surface area contributed by atoms with Gasteiger partial charge in [0.1, 0.15) is 5.75 Å². The second-order valence-corrected chi connectivity index (χ2v) is 4.35. The molecule has 1 heterocycles. The number of hydrogen-bond acceptors (Lipinski definition) is 3. The lowest BCUT2D eigenvalue weighted by atomic mass is 10.2. The summed E-state index contributed by atoms with van der Waals surface area (Å²) in [5.74, 6) is 0.369. The first-order valence-corrected chi connectivity index (χ1v) is 6.13. The number of aryl methyl sites for hydroxylation is 1. The first-order chi connectivity index (χ1) is 9.15. The number of hydrogen-bond donors (Lipinski definition) is 1.